The van der Waals surface area contributed by atoms with Gasteiger partial charge in [0.15, 0.2) is 25.0 Å². The number of hydrogen-bond donors (Lipinski definition) is 1. The Labute approximate surface area is 175 Å². The van der Waals surface area contributed by atoms with E-state index < -0.39 is 6.09 Å². The maximum Gasteiger partial charge on any atom is 0.411 e. The number of carbonyl (C=O) groups is 1. The summed E-state index contributed by atoms with van der Waals surface area (Å²) in [5, 5.41) is 2.75. The second-order valence-corrected chi connectivity index (χ2v) is 6.74. The molecule has 2 aromatic carbocycles. The molecule has 3 aromatic rings. The third-order valence-electron chi connectivity index (χ3n) is 4.68. The molecule has 30 heavy (non-hydrogen) atoms. The number of pyridine rings is 1. The van der Waals surface area contributed by atoms with Gasteiger partial charge >= 0.3 is 6.09 Å². The molecular weight excluding hydrogens is 378 g/mol. The quantitative estimate of drug-likeness (QED) is 0.346. The molecule has 0 fully saturated rings. The highest BCUT2D eigenvalue weighted by atomic mass is 16.5. The van der Waals surface area contributed by atoms with E-state index in [4.69, 9.17) is 4.74 Å². The molecule has 0 saturated heterocycles. The minimum atomic E-state index is -0.469. The van der Waals surface area contributed by atoms with Crippen LogP contribution in [0.5, 0.6) is 0 Å². The molecule has 1 heterocycles. The smallest absolute Gasteiger partial charge is 0.411 e. The van der Waals surface area contributed by atoms with E-state index in [0.29, 0.717) is 24.5 Å². The first-order chi connectivity index (χ1) is 14.7. The summed E-state index contributed by atoms with van der Waals surface area (Å²) in [7, 11) is 0. The molecule has 0 radical (unpaired) electrons. The van der Waals surface area contributed by atoms with Gasteiger partial charge in [-0.2, -0.15) is 9.56 Å². The Morgan fingerprint density at radius 1 is 1.03 bits per heavy atom. The second kappa shape index (κ2) is 10.7. The predicted molar refractivity (Wildman–Crippen MR) is 114 cm³/mol. The van der Waals surface area contributed by atoms with E-state index in [-0.39, 0.29) is 0 Å². The maximum atomic E-state index is 12.0. The monoisotopic (exact) mass is 402 g/mol. The van der Waals surface area contributed by atoms with Crippen LogP contribution in [0.2, 0.25) is 0 Å². The molecule has 3 rings (SSSR count). The number of amides is 1. The van der Waals surface area contributed by atoms with Crippen LogP contribution in [-0.2, 0) is 28.9 Å². The number of ether oxygens (including phenoxy) is 1. The van der Waals surface area contributed by atoms with Crippen LogP contribution in [0.15, 0.2) is 77.9 Å². The first kappa shape index (κ1) is 21.0. The van der Waals surface area contributed by atoms with Gasteiger partial charge in [0.1, 0.15) is 0 Å². The molecule has 0 aliphatic rings. The molecule has 0 unspecified atom stereocenters. The predicted octanol–water partition coefficient (Wildman–Crippen LogP) is 4.34. The van der Waals surface area contributed by atoms with E-state index in [1.165, 1.54) is 11.8 Å². The van der Waals surface area contributed by atoms with E-state index in [1.54, 1.807) is 12.1 Å². The Hall–Kier alpha value is -3.76. The number of nitrogens with one attached hydrogen (secondary N) is 1. The zero-order valence-electron chi connectivity index (χ0n) is 16.9. The van der Waals surface area contributed by atoms with Gasteiger partial charge in [-0.25, -0.2) is 9.59 Å². The lowest BCUT2D eigenvalue weighted by molar-refractivity contribution is -0.704. The van der Waals surface area contributed by atoms with Crippen LogP contribution in [0.1, 0.15) is 23.7 Å². The second-order valence-electron chi connectivity index (χ2n) is 6.74. The summed E-state index contributed by atoms with van der Waals surface area (Å²) in [4.78, 5) is 25.9. The molecule has 6 nitrogen and oxygen atoms in total. The number of rotatable bonds is 8. The van der Waals surface area contributed by atoms with Crippen molar-refractivity contribution in [2.24, 2.45) is 4.99 Å². The SMILES string of the molecule is CCc1cccc[n+]1CCOC(=O)Nc1ccc(Cc2ccc(N=C=O)cc2)cc1. The van der Waals surface area contributed by atoms with Crippen LogP contribution in [0.3, 0.4) is 0 Å². The lowest BCUT2D eigenvalue weighted by atomic mass is 10.0. The van der Waals surface area contributed by atoms with Crippen molar-refractivity contribution in [2.75, 3.05) is 11.9 Å². The maximum absolute atomic E-state index is 12.0. The number of benzene rings is 2. The van der Waals surface area contributed by atoms with Gasteiger partial charge < -0.3 is 4.74 Å². The van der Waals surface area contributed by atoms with Gasteiger partial charge in [0.05, 0.1) is 5.69 Å². The molecule has 0 saturated carbocycles. The van der Waals surface area contributed by atoms with Crippen molar-refractivity contribution < 1.29 is 18.9 Å². The summed E-state index contributed by atoms with van der Waals surface area (Å²) in [6.07, 6.45) is 4.72. The molecule has 1 N–H and O–H groups in total. The summed E-state index contributed by atoms with van der Waals surface area (Å²) in [5.41, 5.74) is 4.67. The number of aryl methyl sites for hydroxylation is 1. The van der Waals surface area contributed by atoms with E-state index in [2.05, 4.69) is 27.9 Å². The van der Waals surface area contributed by atoms with Gasteiger partial charge in [0.25, 0.3) is 0 Å². The van der Waals surface area contributed by atoms with Gasteiger partial charge in [0.2, 0.25) is 6.08 Å². The Morgan fingerprint density at radius 2 is 1.73 bits per heavy atom. The molecule has 0 aliphatic carbocycles. The highest BCUT2D eigenvalue weighted by Gasteiger charge is 2.09. The van der Waals surface area contributed by atoms with Crippen LogP contribution >= 0.6 is 0 Å². The van der Waals surface area contributed by atoms with Gasteiger partial charge in [-0.05, 0) is 41.8 Å². The first-order valence-corrected chi connectivity index (χ1v) is 9.85. The van der Waals surface area contributed by atoms with E-state index in [1.807, 2.05) is 54.7 Å². The first-order valence-electron chi connectivity index (χ1n) is 9.85. The molecule has 0 bridgehead atoms. The molecule has 0 spiro atoms. The highest BCUT2D eigenvalue weighted by molar-refractivity contribution is 5.84. The molecule has 1 amide bonds. The van der Waals surface area contributed by atoms with Crippen molar-refractivity contribution in [1.29, 1.82) is 0 Å². The Balaban J connectivity index is 1.47. The fraction of sp³-hybridized carbons (Fsp3) is 0.208. The van der Waals surface area contributed by atoms with Crippen LogP contribution in [0.4, 0.5) is 16.2 Å². The Kier molecular flexibility index (Phi) is 7.47. The Morgan fingerprint density at radius 3 is 2.40 bits per heavy atom. The van der Waals surface area contributed by atoms with Gasteiger partial charge in [-0.3, -0.25) is 5.32 Å². The number of aliphatic imine (C=N–C) groups is 1. The standard InChI is InChI=1S/C24H23N3O3/c1-2-23-5-3-4-14-27(23)15-16-30-24(29)26-22-12-8-20(9-13-22)17-19-6-10-21(11-7-19)25-18-28/h3-14H,2,15-17H2,1H3/p+1. The fourth-order valence-corrected chi connectivity index (χ4v) is 3.12. The minimum Gasteiger partial charge on any atom is -0.443 e. The Bertz CT molecular complexity index is 1020. The zero-order chi connectivity index (χ0) is 21.2. The number of carbonyl (C=O) groups excluding carboxylic acids is 2. The lowest BCUT2D eigenvalue weighted by Gasteiger charge is -2.08. The van der Waals surface area contributed by atoms with E-state index >= 15 is 0 Å². The fourth-order valence-electron chi connectivity index (χ4n) is 3.12. The summed E-state index contributed by atoms with van der Waals surface area (Å²) in [6.45, 7) is 3.02. The average Bonchev–Trinajstić information content (AvgIpc) is 2.77. The van der Waals surface area contributed by atoms with Crippen LogP contribution in [0, 0.1) is 0 Å². The topological polar surface area (TPSA) is 71.6 Å². The number of aromatic nitrogens is 1. The van der Waals surface area contributed by atoms with Crippen LogP contribution < -0.4 is 9.88 Å². The number of anilines is 1. The van der Waals surface area contributed by atoms with Crippen molar-refractivity contribution in [3.63, 3.8) is 0 Å². The molecule has 0 aliphatic heterocycles. The molecular formula is C24H24N3O3+. The van der Waals surface area contributed by atoms with Crippen LogP contribution in [-0.4, -0.2) is 18.8 Å². The third kappa shape index (κ3) is 6.12. The third-order valence-corrected chi connectivity index (χ3v) is 4.68. The van der Waals surface area contributed by atoms with Crippen molar-refractivity contribution in [3.8, 4) is 0 Å². The number of isocyanates is 1. The molecule has 1 aromatic heterocycles. The van der Waals surface area contributed by atoms with Crippen LogP contribution in [0.25, 0.3) is 0 Å². The summed E-state index contributed by atoms with van der Waals surface area (Å²) in [5.74, 6) is 0. The number of nitrogens with zero attached hydrogens (tertiary/aromatic N) is 2. The summed E-state index contributed by atoms with van der Waals surface area (Å²) in [6, 6.07) is 21.1. The molecule has 152 valence electrons. The van der Waals surface area contributed by atoms with Crippen molar-refractivity contribution in [2.45, 2.75) is 26.3 Å². The number of hydrogen-bond acceptors (Lipinski definition) is 4. The van der Waals surface area contributed by atoms with Gasteiger partial charge in [-0.1, -0.05) is 37.3 Å². The van der Waals surface area contributed by atoms with E-state index in [9.17, 15) is 9.59 Å². The summed E-state index contributed by atoms with van der Waals surface area (Å²) < 4.78 is 7.38. The zero-order valence-corrected chi connectivity index (χ0v) is 16.9. The van der Waals surface area contributed by atoms with Gasteiger partial charge in [-0.15, -0.1) is 0 Å². The highest BCUT2D eigenvalue weighted by Crippen LogP contribution is 2.17. The minimum absolute atomic E-state index is 0.301. The average molecular weight is 402 g/mol. The van der Waals surface area contributed by atoms with E-state index in [0.717, 1.165) is 24.0 Å². The summed E-state index contributed by atoms with van der Waals surface area (Å²) >= 11 is 0. The van der Waals surface area contributed by atoms with Gasteiger partial charge in [0, 0.05) is 24.2 Å². The van der Waals surface area contributed by atoms with Crippen molar-refractivity contribution in [3.05, 3.63) is 89.7 Å². The lowest BCUT2D eigenvalue weighted by Crippen LogP contribution is -2.40. The largest absolute Gasteiger partial charge is 0.443 e. The van der Waals surface area contributed by atoms with Crippen molar-refractivity contribution in [1.82, 2.24) is 0 Å². The normalized spacial score (nSPS) is 10.2. The van der Waals surface area contributed by atoms with Crippen molar-refractivity contribution >= 4 is 23.5 Å². The molecule has 0 atom stereocenters. The molecule has 6 heteroatoms.